The topological polar surface area (TPSA) is 69.7 Å². The second-order valence-corrected chi connectivity index (χ2v) is 6.05. The van der Waals surface area contributed by atoms with Gasteiger partial charge in [0, 0.05) is 23.2 Å². The van der Waals surface area contributed by atoms with Gasteiger partial charge in [-0.25, -0.2) is 4.39 Å². The molecule has 0 fully saturated rings. The molecule has 0 spiro atoms. The minimum Gasteiger partial charge on any atom is -0.755 e. The van der Waals surface area contributed by atoms with Crippen LogP contribution in [-0.4, -0.2) is 20.8 Å². The first-order valence-electron chi connectivity index (χ1n) is 6.62. The Balaban J connectivity index is 2.42. The van der Waals surface area contributed by atoms with Crippen molar-refractivity contribution in [2.24, 2.45) is 0 Å². The molecule has 120 valence electrons. The molecule has 0 saturated carbocycles. The van der Waals surface area contributed by atoms with E-state index in [0.717, 1.165) is 10.4 Å². The molecule has 22 heavy (non-hydrogen) atoms. The first-order valence-corrected chi connectivity index (χ1v) is 8.03. The Kier molecular flexibility index (Phi) is 5.55. The maximum absolute atomic E-state index is 14.1. The van der Waals surface area contributed by atoms with Gasteiger partial charge in [-0.15, -0.1) is 0 Å². The number of esters is 1. The third kappa shape index (κ3) is 3.85. The van der Waals surface area contributed by atoms with Crippen LogP contribution in [0.4, 0.5) is 10.1 Å². The molecule has 0 aromatic heterocycles. The van der Waals surface area contributed by atoms with Gasteiger partial charge in [-0.05, 0) is 43.5 Å². The van der Waals surface area contributed by atoms with Crippen molar-refractivity contribution in [3.05, 3.63) is 40.9 Å². The number of carbonyl (C=O) groups excluding carboxylic acids is 1. The van der Waals surface area contributed by atoms with Crippen LogP contribution in [-0.2, 0) is 20.8 Å². The molecule has 0 radical (unpaired) electrons. The summed E-state index contributed by atoms with van der Waals surface area (Å²) in [6.07, 6.45) is 3.46. The van der Waals surface area contributed by atoms with Crippen molar-refractivity contribution in [3.63, 3.8) is 0 Å². The van der Waals surface area contributed by atoms with E-state index < -0.39 is 29.1 Å². The van der Waals surface area contributed by atoms with E-state index in [1.54, 1.807) is 6.08 Å². The first-order chi connectivity index (χ1) is 10.4. The van der Waals surface area contributed by atoms with Gasteiger partial charge < -0.3 is 9.29 Å². The molecule has 1 aromatic carbocycles. The number of carbonyl (C=O) groups is 1. The SMILES string of the molecule is CC(=O)OC1=CCCCC1N(c1ccc(Cl)cc1F)S(=O)[O-]. The number of hydrogen-bond acceptors (Lipinski definition) is 4. The zero-order valence-corrected chi connectivity index (χ0v) is 13.3. The van der Waals surface area contributed by atoms with Gasteiger partial charge in [0.05, 0.1) is 11.7 Å². The lowest BCUT2D eigenvalue weighted by Crippen LogP contribution is -2.40. The zero-order chi connectivity index (χ0) is 16.3. The first kappa shape index (κ1) is 16.9. The normalized spacial score (nSPS) is 19.3. The van der Waals surface area contributed by atoms with Gasteiger partial charge in [-0.2, -0.15) is 0 Å². The fraction of sp³-hybridized carbons (Fsp3) is 0.357. The summed E-state index contributed by atoms with van der Waals surface area (Å²) in [7, 11) is 0. The number of hydrogen-bond donors (Lipinski definition) is 0. The van der Waals surface area contributed by atoms with E-state index in [1.807, 2.05) is 0 Å². The van der Waals surface area contributed by atoms with Crippen LogP contribution in [0.5, 0.6) is 0 Å². The summed E-state index contributed by atoms with van der Waals surface area (Å²) in [4.78, 5) is 11.2. The van der Waals surface area contributed by atoms with Crippen molar-refractivity contribution in [1.29, 1.82) is 0 Å². The van der Waals surface area contributed by atoms with E-state index >= 15 is 0 Å². The van der Waals surface area contributed by atoms with Gasteiger partial charge >= 0.3 is 5.97 Å². The molecule has 0 bridgehead atoms. The van der Waals surface area contributed by atoms with Crippen LogP contribution in [0, 0.1) is 5.82 Å². The molecule has 8 heteroatoms. The molecular weight excluding hydrogens is 333 g/mol. The summed E-state index contributed by atoms with van der Waals surface area (Å²) in [6.45, 7) is 1.23. The third-order valence-corrected chi connectivity index (χ3v) is 4.22. The highest BCUT2D eigenvalue weighted by atomic mass is 35.5. The molecule has 2 unspecified atom stereocenters. The molecular formula is C14H14ClFNO4S-. The Morgan fingerprint density at radius 1 is 1.55 bits per heavy atom. The van der Waals surface area contributed by atoms with E-state index in [4.69, 9.17) is 16.3 Å². The predicted octanol–water partition coefficient (Wildman–Crippen LogP) is 3.08. The second-order valence-electron chi connectivity index (χ2n) is 4.79. The van der Waals surface area contributed by atoms with Crippen molar-refractivity contribution in [3.8, 4) is 0 Å². The molecule has 2 rings (SSSR count). The van der Waals surface area contributed by atoms with Gasteiger partial charge in [-0.1, -0.05) is 11.6 Å². The van der Waals surface area contributed by atoms with Crippen molar-refractivity contribution in [1.82, 2.24) is 0 Å². The van der Waals surface area contributed by atoms with Gasteiger partial charge in [0.15, 0.2) is 0 Å². The van der Waals surface area contributed by atoms with Crippen LogP contribution in [0.3, 0.4) is 0 Å². The number of anilines is 1. The van der Waals surface area contributed by atoms with E-state index in [-0.39, 0.29) is 16.5 Å². The summed E-state index contributed by atoms with van der Waals surface area (Å²) in [5.74, 6) is -1.09. The number of benzene rings is 1. The highest BCUT2D eigenvalue weighted by Crippen LogP contribution is 2.32. The monoisotopic (exact) mass is 346 g/mol. The van der Waals surface area contributed by atoms with E-state index in [0.29, 0.717) is 19.3 Å². The Morgan fingerprint density at radius 3 is 2.86 bits per heavy atom. The van der Waals surface area contributed by atoms with Crippen LogP contribution < -0.4 is 4.31 Å². The number of rotatable bonds is 4. The minimum absolute atomic E-state index is 0.136. The Bertz CT molecular complexity index is 637. The maximum atomic E-state index is 14.1. The maximum Gasteiger partial charge on any atom is 0.307 e. The lowest BCUT2D eigenvalue weighted by molar-refractivity contribution is -0.137. The smallest absolute Gasteiger partial charge is 0.307 e. The average Bonchev–Trinajstić information content (AvgIpc) is 2.42. The molecule has 0 saturated heterocycles. The molecule has 1 aromatic rings. The lowest BCUT2D eigenvalue weighted by Gasteiger charge is -2.36. The Morgan fingerprint density at radius 2 is 2.27 bits per heavy atom. The highest BCUT2D eigenvalue weighted by Gasteiger charge is 2.30. The molecule has 0 N–H and O–H groups in total. The van der Waals surface area contributed by atoms with E-state index in [1.165, 1.54) is 19.1 Å². The summed E-state index contributed by atoms with van der Waals surface area (Å²) in [5, 5.41) is 0.164. The Labute approximate surface area is 135 Å². The molecule has 0 aliphatic heterocycles. The zero-order valence-electron chi connectivity index (χ0n) is 11.8. The third-order valence-electron chi connectivity index (χ3n) is 3.21. The van der Waals surface area contributed by atoms with Crippen molar-refractivity contribution in [2.45, 2.75) is 32.2 Å². The Hall–Kier alpha value is -1.44. The molecule has 2 atom stereocenters. The summed E-state index contributed by atoms with van der Waals surface area (Å²) < 4.78 is 43.3. The molecule has 0 amide bonds. The molecule has 5 nitrogen and oxygen atoms in total. The van der Waals surface area contributed by atoms with Crippen LogP contribution in [0.15, 0.2) is 30.0 Å². The van der Waals surface area contributed by atoms with Gasteiger partial charge in [-0.3, -0.25) is 13.3 Å². The van der Waals surface area contributed by atoms with Crippen LogP contribution >= 0.6 is 11.6 Å². The van der Waals surface area contributed by atoms with Crippen LogP contribution in [0.25, 0.3) is 0 Å². The molecule has 0 heterocycles. The van der Waals surface area contributed by atoms with Crippen molar-refractivity contribution >= 4 is 34.5 Å². The molecule has 1 aliphatic carbocycles. The number of ether oxygens (including phenoxy) is 1. The quantitative estimate of drug-likeness (QED) is 0.620. The van der Waals surface area contributed by atoms with E-state index in [9.17, 15) is 17.9 Å². The largest absolute Gasteiger partial charge is 0.755 e. The summed E-state index contributed by atoms with van der Waals surface area (Å²) in [6, 6.07) is 2.96. The number of halogens is 2. The summed E-state index contributed by atoms with van der Waals surface area (Å²) >= 11 is 2.96. The molecule has 1 aliphatic rings. The predicted molar refractivity (Wildman–Crippen MR) is 80.3 cm³/mol. The lowest BCUT2D eigenvalue weighted by atomic mass is 10.00. The van der Waals surface area contributed by atoms with Crippen molar-refractivity contribution in [2.75, 3.05) is 4.31 Å². The van der Waals surface area contributed by atoms with Crippen LogP contribution in [0.2, 0.25) is 5.02 Å². The second kappa shape index (κ2) is 7.21. The average molecular weight is 347 g/mol. The number of nitrogens with zero attached hydrogens (tertiary/aromatic N) is 1. The van der Waals surface area contributed by atoms with Gasteiger partial charge in [0.2, 0.25) is 0 Å². The van der Waals surface area contributed by atoms with Gasteiger partial charge in [0.1, 0.15) is 11.6 Å². The minimum atomic E-state index is -2.74. The summed E-state index contributed by atoms with van der Waals surface area (Å²) in [5.41, 5.74) is -0.136. The van der Waals surface area contributed by atoms with E-state index in [2.05, 4.69) is 0 Å². The van der Waals surface area contributed by atoms with Crippen LogP contribution in [0.1, 0.15) is 26.2 Å². The standard InChI is InChI=1S/C14H15ClFNO4S/c1-9(18)21-14-5-3-2-4-13(14)17(22(19)20)12-7-6-10(15)8-11(12)16/h5-8,13H,2-4H2,1H3,(H,19,20)/p-1. The van der Waals surface area contributed by atoms with Gasteiger partial charge in [0.25, 0.3) is 0 Å². The fourth-order valence-electron chi connectivity index (χ4n) is 2.35. The fourth-order valence-corrected chi connectivity index (χ4v) is 3.24. The highest BCUT2D eigenvalue weighted by molar-refractivity contribution is 7.80. The number of allylic oxidation sites excluding steroid dienone is 1. The van der Waals surface area contributed by atoms with Crippen molar-refractivity contribution < 1.29 is 22.7 Å².